The molecule has 2 nitrogen and oxygen atoms in total. The minimum Gasteiger partial charge on any atom is -0.330 e. The van der Waals surface area contributed by atoms with E-state index in [9.17, 15) is 0 Å². The summed E-state index contributed by atoms with van der Waals surface area (Å²) in [5, 5.41) is 12.3. The van der Waals surface area contributed by atoms with Gasteiger partial charge < -0.3 is 5.73 Å². The Morgan fingerprint density at radius 2 is 1.67 bits per heavy atom. The van der Waals surface area contributed by atoms with E-state index in [1.165, 1.54) is 9.35 Å². The number of nitriles is 1. The van der Waals surface area contributed by atoms with E-state index in [0.717, 1.165) is 22.3 Å². The molecule has 0 fully saturated rings. The zero-order chi connectivity index (χ0) is 13.4. The minimum atomic E-state index is 0.504. The van der Waals surface area contributed by atoms with Gasteiger partial charge in [0.2, 0.25) is 0 Å². The summed E-state index contributed by atoms with van der Waals surface area (Å²) in [5.74, 6) is 0. The average molecular weight is 408 g/mol. The maximum atomic E-state index is 8.30. The summed E-state index contributed by atoms with van der Waals surface area (Å²) in [6.07, 6.45) is 1.48. The molecule has 18 heavy (non-hydrogen) atoms. The summed E-state index contributed by atoms with van der Waals surface area (Å²) in [6, 6.07) is 6.14. The van der Waals surface area contributed by atoms with Crippen LogP contribution in [-0.2, 0) is 12.8 Å². The quantitative estimate of drug-likeness (QED) is 0.808. The van der Waals surface area contributed by atoms with Crippen molar-refractivity contribution in [2.45, 2.75) is 12.8 Å². The molecule has 2 aromatic heterocycles. The summed E-state index contributed by atoms with van der Waals surface area (Å²) < 4.78 is 2.29. The lowest BCUT2D eigenvalue weighted by molar-refractivity contribution is 0.970. The molecule has 0 bridgehead atoms. The van der Waals surface area contributed by atoms with Crippen LogP contribution in [0.3, 0.4) is 0 Å². The van der Waals surface area contributed by atoms with E-state index in [2.05, 4.69) is 49.4 Å². The summed E-state index contributed by atoms with van der Waals surface area (Å²) in [7, 11) is 0. The van der Waals surface area contributed by atoms with Gasteiger partial charge in [0.1, 0.15) is 0 Å². The lowest BCUT2D eigenvalue weighted by atomic mass is 10.2. The first kappa shape index (κ1) is 15.9. The predicted octanol–water partition coefficient (Wildman–Crippen LogP) is 4.59. The van der Waals surface area contributed by atoms with Gasteiger partial charge in [-0.05, 0) is 78.8 Å². The number of halogens is 2. The van der Waals surface area contributed by atoms with Crippen molar-refractivity contribution in [3.63, 3.8) is 0 Å². The van der Waals surface area contributed by atoms with E-state index in [0.29, 0.717) is 6.42 Å². The summed E-state index contributed by atoms with van der Waals surface area (Å²) in [6.45, 7) is 0.731. The van der Waals surface area contributed by atoms with E-state index in [-0.39, 0.29) is 0 Å². The van der Waals surface area contributed by atoms with Crippen LogP contribution in [0.1, 0.15) is 11.1 Å². The van der Waals surface area contributed by atoms with Crippen molar-refractivity contribution in [2.24, 2.45) is 5.73 Å². The second-order valence-corrected chi connectivity index (χ2v) is 7.78. The predicted molar refractivity (Wildman–Crippen MR) is 86.1 cm³/mol. The van der Waals surface area contributed by atoms with Crippen molar-refractivity contribution in [2.75, 3.05) is 6.54 Å². The molecule has 2 aromatic rings. The maximum Gasteiger partial charge on any atom is 0.0740 e. The number of nitrogens with zero attached hydrogens (tertiary/aromatic N) is 1. The molecule has 0 aliphatic rings. The van der Waals surface area contributed by atoms with Crippen molar-refractivity contribution in [3.05, 3.63) is 41.6 Å². The van der Waals surface area contributed by atoms with Crippen LogP contribution in [0.5, 0.6) is 0 Å². The molecule has 6 heteroatoms. The summed E-state index contributed by atoms with van der Waals surface area (Å²) in [4.78, 5) is 0. The molecule has 96 valence electrons. The van der Waals surface area contributed by atoms with Crippen LogP contribution < -0.4 is 5.73 Å². The summed E-state index contributed by atoms with van der Waals surface area (Å²) >= 11 is 10.1. The van der Waals surface area contributed by atoms with Gasteiger partial charge in [-0.2, -0.15) is 5.26 Å². The van der Waals surface area contributed by atoms with Crippen molar-refractivity contribution >= 4 is 54.5 Å². The van der Waals surface area contributed by atoms with Gasteiger partial charge in [0.25, 0.3) is 0 Å². The van der Waals surface area contributed by atoms with Crippen LogP contribution in [-0.4, -0.2) is 6.54 Å². The molecular formula is C12H12Br2N2S2. The number of nitrogens with two attached hydrogens (primary N) is 1. The van der Waals surface area contributed by atoms with Crippen LogP contribution >= 0.6 is 54.5 Å². The third-order valence-corrected chi connectivity index (χ3v) is 5.69. The largest absolute Gasteiger partial charge is 0.330 e. The molecule has 0 spiro atoms. The van der Waals surface area contributed by atoms with Crippen LogP contribution in [0.25, 0.3) is 0 Å². The highest BCUT2D eigenvalue weighted by Crippen LogP contribution is 2.23. The van der Waals surface area contributed by atoms with Crippen LogP contribution in [0.15, 0.2) is 30.5 Å². The molecule has 0 aliphatic heterocycles. The summed E-state index contributed by atoms with van der Waals surface area (Å²) in [5.41, 5.74) is 7.78. The molecule has 2 N–H and O–H groups in total. The van der Waals surface area contributed by atoms with E-state index in [4.69, 9.17) is 11.0 Å². The fourth-order valence-electron chi connectivity index (χ4n) is 1.18. The Morgan fingerprint density at radius 3 is 2.06 bits per heavy atom. The Morgan fingerprint density at radius 1 is 1.11 bits per heavy atom. The highest BCUT2D eigenvalue weighted by Gasteiger charge is 1.97. The van der Waals surface area contributed by atoms with Gasteiger partial charge in [0, 0.05) is 0 Å². The highest BCUT2D eigenvalue weighted by atomic mass is 79.9. The van der Waals surface area contributed by atoms with E-state index in [1.807, 2.05) is 11.4 Å². The lowest BCUT2D eigenvalue weighted by Gasteiger charge is -1.91. The molecule has 0 atom stereocenters. The van der Waals surface area contributed by atoms with Gasteiger partial charge in [-0.3, -0.25) is 0 Å². The van der Waals surface area contributed by atoms with Crippen LogP contribution in [0.4, 0.5) is 0 Å². The fraction of sp³-hybridized carbons (Fsp3) is 0.250. The van der Waals surface area contributed by atoms with Gasteiger partial charge in [-0.25, -0.2) is 0 Å². The fourth-order valence-corrected chi connectivity index (χ4v) is 3.75. The normalized spacial score (nSPS) is 9.44. The third kappa shape index (κ3) is 5.21. The number of thiophene rings is 2. The first-order valence-corrected chi connectivity index (χ1v) is 8.54. The third-order valence-electron chi connectivity index (χ3n) is 2.07. The van der Waals surface area contributed by atoms with Crippen molar-refractivity contribution < 1.29 is 0 Å². The smallest absolute Gasteiger partial charge is 0.0740 e. The standard InChI is InChI=1S/C6H8BrNS.C6H4BrNS/c2*7-6-5(1-3-8)2-4-9-6/h2,4H,1,3,8H2;2,4H,1H2. The van der Waals surface area contributed by atoms with Crippen molar-refractivity contribution in [1.29, 1.82) is 5.26 Å². The molecule has 2 rings (SSSR count). The second-order valence-electron chi connectivity index (χ2n) is 3.31. The minimum absolute atomic E-state index is 0.504. The van der Waals surface area contributed by atoms with Crippen molar-refractivity contribution in [1.82, 2.24) is 0 Å². The Kier molecular flexibility index (Phi) is 7.79. The Hall–Kier alpha value is -0.190. The molecule has 0 saturated heterocycles. The lowest BCUT2D eigenvalue weighted by Crippen LogP contribution is -2.01. The maximum absolute atomic E-state index is 8.30. The molecular weight excluding hydrogens is 396 g/mol. The number of hydrogen-bond acceptors (Lipinski definition) is 4. The Bertz CT molecular complexity index is 514. The molecule has 0 radical (unpaired) electrons. The number of hydrogen-bond donors (Lipinski definition) is 1. The van der Waals surface area contributed by atoms with Crippen LogP contribution in [0.2, 0.25) is 0 Å². The first-order valence-electron chi connectivity index (χ1n) is 5.19. The average Bonchev–Trinajstić information content (AvgIpc) is 2.92. The molecule has 0 aromatic carbocycles. The molecule has 2 heterocycles. The monoisotopic (exact) mass is 406 g/mol. The second kappa shape index (κ2) is 8.83. The Balaban J connectivity index is 0.000000180. The topological polar surface area (TPSA) is 49.8 Å². The number of rotatable bonds is 3. The van der Waals surface area contributed by atoms with E-state index in [1.54, 1.807) is 22.7 Å². The van der Waals surface area contributed by atoms with Gasteiger partial charge in [-0.15, -0.1) is 22.7 Å². The molecule has 0 saturated carbocycles. The van der Waals surface area contributed by atoms with Gasteiger partial charge >= 0.3 is 0 Å². The van der Waals surface area contributed by atoms with E-state index < -0.39 is 0 Å². The van der Waals surface area contributed by atoms with E-state index >= 15 is 0 Å². The zero-order valence-corrected chi connectivity index (χ0v) is 14.3. The zero-order valence-electron chi connectivity index (χ0n) is 9.53. The van der Waals surface area contributed by atoms with Crippen LogP contribution in [0, 0.1) is 11.3 Å². The van der Waals surface area contributed by atoms with Crippen molar-refractivity contribution in [3.8, 4) is 6.07 Å². The molecule has 0 unspecified atom stereocenters. The molecule has 0 aliphatic carbocycles. The van der Waals surface area contributed by atoms with Gasteiger partial charge in [0.15, 0.2) is 0 Å². The Labute approximate surface area is 132 Å². The van der Waals surface area contributed by atoms with Gasteiger partial charge in [0.05, 0.1) is 20.1 Å². The highest BCUT2D eigenvalue weighted by molar-refractivity contribution is 9.11. The SMILES string of the molecule is N#CCc1ccsc1Br.NCCc1ccsc1Br. The first-order chi connectivity index (χ1) is 8.69. The van der Waals surface area contributed by atoms with Gasteiger partial charge in [-0.1, -0.05) is 0 Å². The molecule has 0 amide bonds.